The zero-order valence-electron chi connectivity index (χ0n) is 24.6. The third kappa shape index (κ3) is 7.71. The molecule has 10 nitrogen and oxygen atoms in total. The highest BCUT2D eigenvalue weighted by molar-refractivity contribution is 7.99. The van der Waals surface area contributed by atoms with Gasteiger partial charge in [0.25, 0.3) is 0 Å². The van der Waals surface area contributed by atoms with E-state index < -0.39 is 6.03 Å². The van der Waals surface area contributed by atoms with Crippen LogP contribution in [0.2, 0.25) is 0 Å². The number of likely N-dealkylation sites (tertiary alicyclic amines) is 1. The van der Waals surface area contributed by atoms with E-state index in [2.05, 4.69) is 30.7 Å². The molecule has 2 aromatic carbocycles. The molecule has 1 aliphatic rings. The van der Waals surface area contributed by atoms with Gasteiger partial charge in [0.1, 0.15) is 17.1 Å². The first-order valence-electron chi connectivity index (χ1n) is 14.3. The van der Waals surface area contributed by atoms with Crippen molar-refractivity contribution in [2.75, 3.05) is 44.0 Å². The topological polar surface area (TPSA) is 115 Å². The third-order valence-corrected chi connectivity index (χ3v) is 8.01. The van der Waals surface area contributed by atoms with Crippen LogP contribution in [0.1, 0.15) is 52.2 Å². The molecule has 0 spiro atoms. The molecular weight excluding hydrogens is 552 g/mol. The van der Waals surface area contributed by atoms with Crippen molar-refractivity contribution in [2.45, 2.75) is 61.8 Å². The number of fused-ring (bicyclic) bond motifs is 1. The molecule has 4 aromatic rings. The number of anilines is 2. The van der Waals surface area contributed by atoms with E-state index in [4.69, 9.17) is 14.0 Å². The summed E-state index contributed by atoms with van der Waals surface area (Å²) in [7, 11) is 1.64. The number of urea groups is 1. The van der Waals surface area contributed by atoms with Gasteiger partial charge < -0.3 is 24.2 Å². The van der Waals surface area contributed by atoms with E-state index >= 15 is 0 Å². The van der Waals surface area contributed by atoms with E-state index in [1.165, 1.54) is 44.1 Å². The summed E-state index contributed by atoms with van der Waals surface area (Å²) in [6.07, 6.45) is 6.43. The lowest BCUT2D eigenvalue weighted by molar-refractivity contribution is 0.203. The number of hydrogen-bond donors (Lipinski definition) is 2. The number of piperidine rings is 1. The van der Waals surface area contributed by atoms with Crippen LogP contribution < -0.4 is 20.1 Å². The standard InChI is InChI=1S/C31H38N6O4S/c1-31(2,3)27-19-28(36-41-27)35-30(38)34-21-10-8-11-22(16-21)42-29-23-17-25(39-4)26(18-24(23)32-20-33-29)40-15-9-14-37-12-6-5-7-13-37/h8,10-11,16-20H,5-7,9,12-15H2,1-4H3,(H2,34,35,36,38). The highest BCUT2D eigenvalue weighted by Crippen LogP contribution is 2.38. The van der Waals surface area contributed by atoms with Gasteiger partial charge in [-0.25, -0.2) is 14.8 Å². The van der Waals surface area contributed by atoms with Gasteiger partial charge in [0, 0.05) is 40.1 Å². The van der Waals surface area contributed by atoms with Crippen LogP contribution in [0.15, 0.2) is 63.2 Å². The second-order valence-corrected chi connectivity index (χ2v) is 12.4. The molecule has 0 unspecified atom stereocenters. The minimum absolute atomic E-state index is 0.203. The predicted molar refractivity (Wildman–Crippen MR) is 165 cm³/mol. The fourth-order valence-electron chi connectivity index (χ4n) is 4.76. The fourth-order valence-corrected chi connectivity index (χ4v) is 5.69. The number of hydrogen-bond acceptors (Lipinski definition) is 9. The Morgan fingerprint density at radius 1 is 1.05 bits per heavy atom. The Labute approximate surface area is 250 Å². The molecule has 0 radical (unpaired) electrons. The number of rotatable bonds is 10. The molecule has 11 heteroatoms. The Balaban J connectivity index is 1.23. The van der Waals surface area contributed by atoms with Crippen molar-refractivity contribution in [3.63, 3.8) is 0 Å². The molecular formula is C31H38N6O4S. The van der Waals surface area contributed by atoms with Gasteiger partial charge in [-0.2, -0.15) is 0 Å². The highest BCUT2D eigenvalue weighted by Gasteiger charge is 2.20. The summed E-state index contributed by atoms with van der Waals surface area (Å²) in [5.74, 6) is 2.37. The number of carbonyl (C=O) groups is 1. The minimum Gasteiger partial charge on any atom is -0.493 e. The Bertz CT molecular complexity index is 1510. The summed E-state index contributed by atoms with van der Waals surface area (Å²) in [6, 6.07) is 12.7. The summed E-state index contributed by atoms with van der Waals surface area (Å²) < 4.78 is 17.1. The number of ether oxygens (including phenoxy) is 2. The zero-order chi connectivity index (χ0) is 29.5. The summed E-state index contributed by atoms with van der Waals surface area (Å²) in [5.41, 5.74) is 1.20. The molecule has 2 amide bonds. The van der Waals surface area contributed by atoms with E-state index in [-0.39, 0.29) is 5.41 Å². The minimum atomic E-state index is -0.411. The zero-order valence-corrected chi connectivity index (χ0v) is 25.4. The SMILES string of the molecule is COc1cc2c(Sc3cccc(NC(=O)Nc4cc(C(C)(C)C)on4)c3)ncnc2cc1OCCCN1CCCCC1. The van der Waals surface area contributed by atoms with E-state index in [1.54, 1.807) is 19.5 Å². The summed E-state index contributed by atoms with van der Waals surface area (Å²) in [4.78, 5) is 25.0. The Morgan fingerprint density at radius 3 is 2.64 bits per heavy atom. The quantitative estimate of drug-likeness (QED) is 0.149. The number of nitrogens with one attached hydrogen (secondary N) is 2. The molecule has 0 aliphatic carbocycles. The molecule has 2 aromatic heterocycles. The maximum absolute atomic E-state index is 12.6. The second-order valence-electron chi connectivity index (χ2n) is 11.3. The molecule has 1 fully saturated rings. The van der Waals surface area contributed by atoms with Crippen molar-refractivity contribution in [3.8, 4) is 11.5 Å². The van der Waals surface area contributed by atoms with Crippen LogP contribution >= 0.6 is 11.8 Å². The van der Waals surface area contributed by atoms with Crippen LogP contribution in [0.3, 0.4) is 0 Å². The number of methoxy groups -OCH3 is 1. The summed E-state index contributed by atoms with van der Waals surface area (Å²) in [6.45, 7) is 10.1. The van der Waals surface area contributed by atoms with E-state index in [0.29, 0.717) is 35.4 Å². The monoisotopic (exact) mass is 590 g/mol. The molecule has 1 aliphatic heterocycles. The van der Waals surface area contributed by atoms with Crippen molar-refractivity contribution in [1.29, 1.82) is 0 Å². The third-order valence-electron chi connectivity index (χ3n) is 7.01. The maximum Gasteiger partial charge on any atom is 0.324 e. The molecule has 0 saturated carbocycles. The number of carbonyl (C=O) groups excluding carboxylic acids is 1. The molecule has 5 rings (SSSR count). The van der Waals surface area contributed by atoms with Gasteiger partial charge in [-0.1, -0.05) is 50.2 Å². The number of nitrogens with zero attached hydrogens (tertiary/aromatic N) is 4. The van der Waals surface area contributed by atoms with E-state index in [9.17, 15) is 4.79 Å². The molecule has 1 saturated heterocycles. The first-order chi connectivity index (χ1) is 20.3. The summed E-state index contributed by atoms with van der Waals surface area (Å²) in [5, 5.41) is 11.1. The Kier molecular flexibility index (Phi) is 9.48. The van der Waals surface area contributed by atoms with Crippen molar-refractivity contribution < 1.29 is 18.8 Å². The molecule has 2 N–H and O–H groups in total. The molecule has 222 valence electrons. The normalized spacial score (nSPS) is 14.1. The lowest BCUT2D eigenvalue weighted by Gasteiger charge is -2.26. The smallest absolute Gasteiger partial charge is 0.324 e. The number of benzene rings is 2. The number of aromatic nitrogens is 3. The fraction of sp³-hybridized carbons (Fsp3) is 0.419. The Hall–Kier alpha value is -3.83. The van der Waals surface area contributed by atoms with Crippen LogP contribution in [-0.2, 0) is 5.41 Å². The second kappa shape index (κ2) is 13.4. The molecule has 0 atom stereocenters. The highest BCUT2D eigenvalue weighted by atomic mass is 32.2. The summed E-state index contributed by atoms with van der Waals surface area (Å²) >= 11 is 1.48. The van der Waals surface area contributed by atoms with Crippen LogP contribution in [0, 0.1) is 0 Å². The van der Waals surface area contributed by atoms with Gasteiger partial charge in [0.05, 0.1) is 19.2 Å². The van der Waals surface area contributed by atoms with Gasteiger partial charge in [0.2, 0.25) is 0 Å². The lowest BCUT2D eigenvalue weighted by Crippen LogP contribution is -2.31. The number of amides is 2. The first-order valence-corrected chi connectivity index (χ1v) is 15.1. The van der Waals surface area contributed by atoms with Crippen molar-refractivity contribution in [2.24, 2.45) is 0 Å². The average molecular weight is 591 g/mol. The first kappa shape index (κ1) is 29.7. The van der Waals surface area contributed by atoms with Crippen molar-refractivity contribution >= 4 is 40.2 Å². The van der Waals surface area contributed by atoms with Crippen LogP contribution in [0.25, 0.3) is 10.9 Å². The van der Waals surface area contributed by atoms with Crippen LogP contribution in [0.4, 0.5) is 16.3 Å². The van der Waals surface area contributed by atoms with Gasteiger partial charge in [-0.05, 0) is 56.6 Å². The maximum atomic E-state index is 12.6. The van der Waals surface area contributed by atoms with Gasteiger partial charge in [-0.3, -0.25) is 5.32 Å². The Morgan fingerprint density at radius 2 is 1.88 bits per heavy atom. The van der Waals surface area contributed by atoms with Crippen molar-refractivity contribution in [1.82, 2.24) is 20.0 Å². The van der Waals surface area contributed by atoms with Crippen molar-refractivity contribution in [3.05, 3.63) is 54.6 Å². The average Bonchev–Trinajstić information content (AvgIpc) is 3.45. The van der Waals surface area contributed by atoms with Gasteiger partial charge >= 0.3 is 6.03 Å². The van der Waals surface area contributed by atoms with Gasteiger partial charge in [0.15, 0.2) is 17.3 Å². The predicted octanol–water partition coefficient (Wildman–Crippen LogP) is 6.97. The van der Waals surface area contributed by atoms with E-state index in [1.807, 2.05) is 57.2 Å². The lowest BCUT2D eigenvalue weighted by atomic mass is 9.93. The molecule has 3 heterocycles. The molecule has 0 bridgehead atoms. The van der Waals surface area contributed by atoms with Crippen LogP contribution in [0.5, 0.6) is 11.5 Å². The van der Waals surface area contributed by atoms with E-state index in [0.717, 1.165) is 33.8 Å². The van der Waals surface area contributed by atoms with Crippen LogP contribution in [-0.4, -0.2) is 59.4 Å². The largest absolute Gasteiger partial charge is 0.493 e. The van der Waals surface area contributed by atoms with Gasteiger partial charge in [-0.15, -0.1) is 0 Å². The molecule has 42 heavy (non-hydrogen) atoms.